The summed E-state index contributed by atoms with van der Waals surface area (Å²) in [6.45, 7) is 15.0. The average Bonchev–Trinajstić information content (AvgIpc) is 3.80. The smallest absolute Gasteiger partial charge is 0.282 e. The lowest BCUT2D eigenvalue weighted by Gasteiger charge is -2.54. The summed E-state index contributed by atoms with van der Waals surface area (Å²) in [4.78, 5) is 28.8. The van der Waals surface area contributed by atoms with Crippen LogP contribution in [0.4, 0.5) is 10.2 Å². The Bertz CT molecular complexity index is 1600. The number of piperazine rings is 1. The highest BCUT2D eigenvalue weighted by Gasteiger charge is 2.50. The first-order valence-electron chi connectivity index (χ1n) is 17.5. The number of nitrogens with one attached hydrogen (secondary N) is 1. The number of halogens is 1. The Kier molecular flexibility index (Phi) is 9.16. The number of piperidine rings is 1. The number of rotatable bonds is 10. The fourth-order valence-electron chi connectivity index (χ4n) is 8.73. The number of fused-ring (bicyclic) bond motifs is 2. The van der Waals surface area contributed by atoms with E-state index in [0.29, 0.717) is 43.2 Å². The first-order valence-corrected chi connectivity index (χ1v) is 18.9. The first kappa shape index (κ1) is 33.6. The van der Waals surface area contributed by atoms with Crippen molar-refractivity contribution in [3.05, 3.63) is 42.1 Å². The molecule has 1 amide bonds. The second kappa shape index (κ2) is 13.1. The summed E-state index contributed by atoms with van der Waals surface area (Å²) in [5.41, 5.74) is 0.385. The topological polar surface area (TPSA) is 114 Å². The lowest BCUT2D eigenvalue weighted by Crippen LogP contribution is -2.62. The molecule has 5 aliphatic rings. The predicted molar refractivity (Wildman–Crippen MR) is 181 cm³/mol. The highest BCUT2D eigenvalue weighted by molar-refractivity contribution is 7.86. The van der Waals surface area contributed by atoms with Gasteiger partial charge in [-0.2, -0.15) is 17.0 Å². The van der Waals surface area contributed by atoms with E-state index < -0.39 is 16.0 Å². The minimum absolute atomic E-state index is 0.0659. The Morgan fingerprint density at radius 1 is 1.10 bits per heavy atom. The lowest BCUT2D eigenvalue weighted by atomic mass is 9.72. The number of nitrogens with zero attached hydrogens (tertiary/aromatic N) is 7. The van der Waals surface area contributed by atoms with Gasteiger partial charge >= 0.3 is 0 Å². The number of carbonyl (C=O) groups excluding carboxylic acids is 1. The molecule has 5 aliphatic heterocycles. The van der Waals surface area contributed by atoms with E-state index in [1.165, 1.54) is 24.5 Å². The molecular formula is C34H49FN8O4S. The minimum Gasteiger partial charge on any atom is -0.451 e. The zero-order valence-electron chi connectivity index (χ0n) is 28.5. The van der Waals surface area contributed by atoms with Crippen molar-refractivity contribution < 1.29 is 22.3 Å². The number of benzene rings is 1. The van der Waals surface area contributed by atoms with Gasteiger partial charge < -0.3 is 24.8 Å². The van der Waals surface area contributed by atoms with E-state index >= 15 is 0 Å². The molecule has 7 rings (SSSR count). The number of anilines is 1. The summed E-state index contributed by atoms with van der Waals surface area (Å²) in [6.07, 6.45) is 6.89. The van der Waals surface area contributed by atoms with Crippen LogP contribution in [0, 0.1) is 17.2 Å². The molecule has 1 aromatic heterocycles. The summed E-state index contributed by atoms with van der Waals surface area (Å²) in [5, 5.41) is 3.40. The van der Waals surface area contributed by atoms with E-state index in [9.17, 15) is 17.6 Å². The number of likely N-dealkylation sites (tertiary alicyclic amines) is 1. The van der Waals surface area contributed by atoms with Crippen LogP contribution < -0.4 is 15.0 Å². The summed E-state index contributed by atoms with van der Waals surface area (Å²) >= 11 is 0. The van der Waals surface area contributed by atoms with E-state index in [1.54, 1.807) is 19.7 Å². The molecule has 2 aromatic rings. The van der Waals surface area contributed by atoms with Gasteiger partial charge in [-0.3, -0.25) is 4.79 Å². The van der Waals surface area contributed by atoms with Crippen LogP contribution in [0.3, 0.4) is 0 Å². The Hall–Kier alpha value is -2.91. The van der Waals surface area contributed by atoms with Crippen LogP contribution in [0.5, 0.6) is 11.5 Å². The van der Waals surface area contributed by atoms with Gasteiger partial charge in [0.2, 0.25) is 0 Å². The van der Waals surface area contributed by atoms with E-state index in [2.05, 4.69) is 25.1 Å². The van der Waals surface area contributed by atoms with Gasteiger partial charge in [0, 0.05) is 83.1 Å². The molecule has 12 nitrogen and oxygen atoms in total. The van der Waals surface area contributed by atoms with Gasteiger partial charge in [0.15, 0.2) is 11.6 Å². The third kappa shape index (κ3) is 6.41. The van der Waals surface area contributed by atoms with Gasteiger partial charge in [-0.1, -0.05) is 0 Å². The van der Waals surface area contributed by atoms with Gasteiger partial charge in [-0.25, -0.2) is 14.4 Å². The van der Waals surface area contributed by atoms with Crippen LogP contribution in [0.15, 0.2) is 30.7 Å². The molecule has 5 saturated heterocycles. The van der Waals surface area contributed by atoms with Crippen molar-refractivity contribution in [1.82, 2.24) is 33.7 Å². The van der Waals surface area contributed by atoms with Crippen molar-refractivity contribution in [1.29, 1.82) is 0 Å². The maximum atomic E-state index is 14.4. The van der Waals surface area contributed by atoms with Gasteiger partial charge in [-0.05, 0) is 82.9 Å². The van der Waals surface area contributed by atoms with Gasteiger partial charge in [0.1, 0.15) is 17.9 Å². The summed E-state index contributed by atoms with van der Waals surface area (Å²) in [7, 11) is -3.38. The van der Waals surface area contributed by atoms with E-state index in [-0.39, 0.29) is 40.8 Å². The summed E-state index contributed by atoms with van der Waals surface area (Å²) in [5.74, 6) is 1.04. The molecule has 0 unspecified atom stereocenters. The maximum Gasteiger partial charge on any atom is 0.282 e. The summed E-state index contributed by atoms with van der Waals surface area (Å²) in [6, 6.07) is 4.33. The van der Waals surface area contributed by atoms with Crippen molar-refractivity contribution in [2.24, 2.45) is 11.3 Å². The molecule has 1 spiro atoms. The maximum absolute atomic E-state index is 14.4. The number of hydrogen-bond acceptors (Lipinski definition) is 9. The molecule has 2 bridgehead atoms. The third-order valence-electron chi connectivity index (χ3n) is 11.0. The van der Waals surface area contributed by atoms with Crippen LogP contribution in [-0.4, -0.2) is 126 Å². The Balaban J connectivity index is 0.943. The number of amides is 1. The van der Waals surface area contributed by atoms with E-state index in [0.717, 1.165) is 65.0 Å². The molecule has 1 N–H and O–H groups in total. The van der Waals surface area contributed by atoms with Crippen LogP contribution >= 0.6 is 0 Å². The molecule has 0 radical (unpaired) electrons. The normalized spacial score (nSPS) is 26.1. The number of hydrogen-bond donors (Lipinski definition) is 1. The van der Waals surface area contributed by atoms with Gasteiger partial charge in [0.25, 0.3) is 16.1 Å². The third-order valence-corrected chi connectivity index (χ3v) is 13.1. The minimum atomic E-state index is -3.38. The predicted octanol–water partition coefficient (Wildman–Crippen LogP) is 3.18. The van der Waals surface area contributed by atoms with Gasteiger partial charge in [0.05, 0.1) is 11.8 Å². The lowest BCUT2D eigenvalue weighted by molar-refractivity contribution is -0.0413. The molecule has 3 atom stereocenters. The number of carbonyl (C=O) groups is 1. The molecule has 0 saturated carbocycles. The molecular weight excluding hydrogens is 635 g/mol. The average molecular weight is 685 g/mol. The molecule has 0 aliphatic carbocycles. The quantitative estimate of drug-likeness (QED) is 0.403. The molecule has 14 heteroatoms. The molecule has 6 heterocycles. The highest BCUT2D eigenvalue weighted by atomic mass is 32.2. The monoisotopic (exact) mass is 684 g/mol. The van der Waals surface area contributed by atoms with Crippen molar-refractivity contribution in [3.63, 3.8) is 0 Å². The van der Waals surface area contributed by atoms with Crippen LogP contribution in [0.1, 0.15) is 63.7 Å². The van der Waals surface area contributed by atoms with Crippen LogP contribution in [0.25, 0.3) is 0 Å². The van der Waals surface area contributed by atoms with Crippen molar-refractivity contribution in [2.45, 2.75) is 77.5 Å². The van der Waals surface area contributed by atoms with Crippen molar-refractivity contribution in [2.75, 3.05) is 63.8 Å². The highest BCUT2D eigenvalue weighted by Crippen LogP contribution is 2.43. The van der Waals surface area contributed by atoms with Crippen LogP contribution in [-0.2, 0) is 10.2 Å². The van der Waals surface area contributed by atoms with Crippen molar-refractivity contribution in [3.8, 4) is 11.5 Å². The first-order chi connectivity index (χ1) is 22.9. The van der Waals surface area contributed by atoms with Gasteiger partial charge in [-0.15, -0.1) is 0 Å². The van der Waals surface area contributed by atoms with E-state index in [4.69, 9.17) is 4.74 Å². The number of aromatic nitrogens is 2. The molecule has 5 fully saturated rings. The Labute approximate surface area is 283 Å². The zero-order chi connectivity index (χ0) is 33.8. The summed E-state index contributed by atoms with van der Waals surface area (Å²) < 4.78 is 50.9. The largest absolute Gasteiger partial charge is 0.451 e. The second-order valence-corrected chi connectivity index (χ2v) is 17.0. The van der Waals surface area contributed by atoms with Crippen molar-refractivity contribution >= 4 is 21.9 Å². The standard InChI is InChI=1S/C34H49FN8O4S/c1-23(2)43(24(3)4)33(44)29-13-26(35)5-6-30(29)47-31-16-36-22-38-32(31)40-10-7-25(18-40)17-39-20-34(21-39)8-11-41(12-9-34)48(45,46)42-19-27-14-28(42)15-37-27/h5-6,13,16,22-25,27-28,37H,7-12,14-15,17-21H2,1-4H3/t25-,27-,28-/m0/s1. The molecule has 48 heavy (non-hydrogen) atoms. The fraction of sp³-hybridized carbons (Fsp3) is 0.676. The fourth-order valence-corrected chi connectivity index (χ4v) is 10.6. The Morgan fingerprint density at radius 3 is 2.52 bits per heavy atom. The SMILES string of the molecule is CC(C)N(C(=O)c1cc(F)ccc1Oc1cncnc1N1CC[C@@H](CN2CC3(CCN(S(=O)(=O)N4C[C@@H]5C[C@H]4CN5)CC3)C2)C1)C(C)C. The second-order valence-electron chi connectivity index (χ2n) is 15.1. The molecule has 1 aromatic carbocycles. The van der Waals surface area contributed by atoms with Crippen LogP contribution in [0.2, 0.25) is 0 Å². The van der Waals surface area contributed by atoms with E-state index in [1.807, 2.05) is 27.7 Å². The zero-order valence-corrected chi connectivity index (χ0v) is 29.3. The number of ether oxygens (including phenoxy) is 1. The molecule has 262 valence electrons. The Morgan fingerprint density at radius 2 is 1.85 bits per heavy atom.